The number of oxime groups is 1. The van der Waals surface area contributed by atoms with E-state index in [-0.39, 0.29) is 22.2 Å². The summed E-state index contributed by atoms with van der Waals surface area (Å²) in [4.78, 5) is 48.2. The number of carbonyl (C=O) groups excluding carboxylic acids is 2. The van der Waals surface area contributed by atoms with Crippen molar-refractivity contribution in [1.82, 2.24) is 19.7 Å². The number of fused-ring (bicyclic) bond motifs is 2. The van der Waals surface area contributed by atoms with Crippen molar-refractivity contribution in [2.24, 2.45) is 5.16 Å². The quantitative estimate of drug-likeness (QED) is 0.172. The van der Waals surface area contributed by atoms with E-state index in [1.807, 2.05) is 46.7 Å². The van der Waals surface area contributed by atoms with Gasteiger partial charge in [0, 0.05) is 22.8 Å². The molecule has 4 N–H and O–H groups in total. The molecule has 1 fully saturated rings. The molecule has 3 aromatic rings. The fourth-order valence-electron chi connectivity index (χ4n) is 4.22. The molecular weight excluding hydrogens is 506 g/mol. The number of pyridine rings is 1. The highest BCUT2D eigenvalue weighted by Crippen LogP contribution is 2.40. The number of carbonyl (C=O) groups is 3. The van der Waals surface area contributed by atoms with Gasteiger partial charge >= 0.3 is 5.97 Å². The minimum atomic E-state index is -1.19. The second-order valence-corrected chi connectivity index (χ2v) is 10.2. The second-order valence-electron chi connectivity index (χ2n) is 8.20. The molecule has 2 aliphatic heterocycles. The van der Waals surface area contributed by atoms with E-state index in [4.69, 9.17) is 10.6 Å². The van der Waals surface area contributed by atoms with E-state index in [1.165, 1.54) is 23.8 Å². The lowest BCUT2D eigenvalue weighted by atomic mass is 10.0. The van der Waals surface area contributed by atoms with Crippen molar-refractivity contribution in [3.8, 4) is 0 Å². The van der Waals surface area contributed by atoms with Crippen LogP contribution in [0.2, 0.25) is 0 Å². The van der Waals surface area contributed by atoms with Gasteiger partial charge < -0.3 is 21.0 Å². The van der Waals surface area contributed by atoms with E-state index in [0.717, 1.165) is 22.4 Å². The Morgan fingerprint density at radius 1 is 1.39 bits per heavy atom. The van der Waals surface area contributed by atoms with E-state index < -0.39 is 29.2 Å². The first-order valence-electron chi connectivity index (χ1n) is 10.8. The van der Waals surface area contributed by atoms with Gasteiger partial charge in [-0.3, -0.25) is 14.5 Å². The maximum atomic E-state index is 13.1. The molecule has 36 heavy (non-hydrogen) atoms. The van der Waals surface area contributed by atoms with Crippen LogP contribution in [-0.2, 0) is 25.8 Å². The molecule has 2 amide bonds. The largest absolute Gasteiger partial charge is 0.477 e. The van der Waals surface area contributed by atoms with Crippen molar-refractivity contribution in [1.29, 1.82) is 0 Å². The SMILES string of the molecule is CO/N=C(\C(=O)N[C@@H]1C(=O)N2C(C(=O)O)=C(C[n+]3ccc4ccc(C)cn43)CS[C@H]12)c1csc(N)n1. The van der Waals surface area contributed by atoms with Crippen molar-refractivity contribution in [3.63, 3.8) is 0 Å². The number of carboxylic acids is 1. The van der Waals surface area contributed by atoms with Gasteiger partial charge in [-0.05, 0) is 18.6 Å². The zero-order chi connectivity index (χ0) is 25.6. The molecule has 186 valence electrons. The minimum Gasteiger partial charge on any atom is -0.477 e. The minimum absolute atomic E-state index is 0.0533. The summed E-state index contributed by atoms with van der Waals surface area (Å²) in [6.45, 7) is 2.28. The molecule has 14 heteroatoms. The number of anilines is 1. The van der Waals surface area contributed by atoms with E-state index >= 15 is 0 Å². The van der Waals surface area contributed by atoms with Gasteiger partial charge in [0.05, 0.1) is 6.20 Å². The van der Waals surface area contributed by atoms with E-state index in [9.17, 15) is 19.5 Å². The van der Waals surface area contributed by atoms with Crippen molar-refractivity contribution >= 4 is 57.2 Å². The number of aromatic nitrogens is 3. The Balaban J connectivity index is 1.38. The molecule has 12 nitrogen and oxygen atoms in total. The van der Waals surface area contributed by atoms with Crippen LogP contribution in [0.25, 0.3) is 5.52 Å². The van der Waals surface area contributed by atoms with Gasteiger partial charge in [0.1, 0.15) is 35.4 Å². The van der Waals surface area contributed by atoms with Crippen LogP contribution in [0.1, 0.15) is 11.3 Å². The normalized spacial score (nSPS) is 19.8. The molecule has 3 aromatic heterocycles. The summed E-state index contributed by atoms with van der Waals surface area (Å²) < 4.78 is 3.85. The summed E-state index contributed by atoms with van der Waals surface area (Å²) in [5, 5.41) is 17.6. The molecule has 5 rings (SSSR count). The number of nitrogens with zero attached hydrogens (tertiary/aromatic N) is 5. The Morgan fingerprint density at radius 2 is 2.19 bits per heavy atom. The number of rotatable bonds is 7. The number of thioether (sulfide) groups is 1. The van der Waals surface area contributed by atoms with Crippen molar-refractivity contribution < 1.29 is 29.0 Å². The smallest absolute Gasteiger partial charge is 0.352 e. The second kappa shape index (κ2) is 9.28. The van der Waals surface area contributed by atoms with Gasteiger partial charge in [-0.1, -0.05) is 11.2 Å². The highest BCUT2D eigenvalue weighted by atomic mass is 32.2. The number of hydrogen-bond acceptors (Lipinski definition) is 9. The lowest BCUT2D eigenvalue weighted by Gasteiger charge is -2.49. The third kappa shape index (κ3) is 4.07. The van der Waals surface area contributed by atoms with Crippen molar-refractivity contribution in [2.45, 2.75) is 24.9 Å². The maximum Gasteiger partial charge on any atom is 0.352 e. The third-order valence-electron chi connectivity index (χ3n) is 5.85. The van der Waals surface area contributed by atoms with Crippen LogP contribution in [0, 0.1) is 6.92 Å². The molecule has 0 bridgehead atoms. The van der Waals surface area contributed by atoms with Crippen molar-refractivity contribution in [2.75, 3.05) is 18.6 Å². The number of aliphatic carboxylic acids is 1. The predicted molar refractivity (Wildman–Crippen MR) is 132 cm³/mol. The number of amides is 2. The summed E-state index contributed by atoms with van der Waals surface area (Å²) in [5.41, 5.74) is 8.33. The number of hydrogen-bond donors (Lipinski definition) is 3. The molecule has 0 radical (unpaired) electrons. The zero-order valence-electron chi connectivity index (χ0n) is 19.2. The monoisotopic (exact) mass is 528 g/mol. The molecule has 0 aliphatic carbocycles. The van der Waals surface area contributed by atoms with Crippen LogP contribution >= 0.6 is 23.1 Å². The van der Waals surface area contributed by atoms with E-state index in [0.29, 0.717) is 17.9 Å². The van der Waals surface area contributed by atoms with Crippen LogP contribution in [-0.4, -0.2) is 67.3 Å². The Labute approximate surface area is 213 Å². The molecule has 0 unspecified atom stereocenters. The average Bonchev–Trinajstić information content (AvgIpc) is 3.46. The number of nitrogens with two attached hydrogens (primary N) is 1. The summed E-state index contributed by atoms with van der Waals surface area (Å²) in [6.07, 6.45) is 3.84. The van der Waals surface area contributed by atoms with Crippen LogP contribution in [0.3, 0.4) is 0 Å². The number of nitrogens with one attached hydrogen (secondary N) is 1. The van der Waals surface area contributed by atoms with Crippen molar-refractivity contribution in [3.05, 3.63) is 58.5 Å². The predicted octanol–water partition coefficient (Wildman–Crippen LogP) is 0.363. The van der Waals surface area contributed by atoms with Crippen LogP contribution < -0.4 is 15.7 Å². The molecule has 0 spiro atoms. The first-order valence-corrected chi connectivity index (χ1v) is 12.7. The Kier molecular flexibility index (Phi) is 6.14. The Bertz CT molecular complexity index is 1460. The summed E-state index contributed by atoms with van der Waals surface area (Å²) in [6, 6.07) is 5.01. The van der Waals surface area contributed by atoms with Gasteiger partial charge in [0.2, 0.25) is 0 Å². The average molecular weight is 529 g/mol. The fourth-order valence-corrected chi connectivity index (χ4v) is 6.11. The first-order chi connectivity index (χ1) is 17.3. The lowest BCUT2D eigenvalue weighted by Crippen LogP contribution is -2.71. The topological polar surface area (TPSA) is 156 Å². The standard InChI is InChI=1S/C22H21N7O5S2/c1-11-3-4-13-5-6-27(28(13)7-11)8-12-9-35-20-16(19(31)29(20)17(12)21(32)33)25-18(30)15(26-34-2)14-10-36-22(23)24-14/h3-7,10,16,20H,8-9H2,1-2H3,(H3-,23,24,25,30,32,33)/p+1/b26-15-/t16-,20-/m1/s1. The molecule has 5 heterocycles. The van der Waals surface area contributed by atoms with Gasteiger partial charge in [0.15, 0.2) is 23.6 Å². The van der Waals surface area contributed by atoms with Crippen LogP contribution in [0.15, 0.2) is 52.4 Å². The van der Waals surface area contributed by atoms with E-state index in [1.54, 1.807) is 5.38 Å². The van der Waals surface area contributed by atoms with E-state index in [2.05, 4.69) is 15.5 Å². The molecule has 2 aliphatic rings. The number of nitrogen functional groups attached to an aromatic ring is 1. The Morgan fingerprint density at radius 3 is 2.89 bits per heavy atom. The molecule has 2 atom stereocenters. The highest BCUT2D eigenvalue weighted by Gasteiger charge is 2.55. The number of aryl methyl sites for hydroxylation is 1. The number of thiazole rings is 1. The van der Waals surface area contributed by atoms with Crippen LogP contribution in [0.4, 0.5) is 5.13 Å². The summed E-state index contributed by atoms with van der Waals surface area (Å²) >= 11 is 2.53. The van der Waals surface area contributed by atoms with Crippen LogP contribution in [0.5, 0.6) is 0 Å². The molecular formula is C22H22N7O5S2+. The zero-order valence-corrected chi connectivity index (χ0v) is 20.9. The van der Waals surface area contributed by atoms with Gasteiger partial charge in [0.25, 0.3) is 11.8 Å². The summed E-state index contributed by atoms with van der Waals surface area (Å²) in [7, 11) is 1.29. The first kappa shape index (κ1) is 23.8. The fraction of sp³-hybridized carbons (Fsp3) is 0.273. The number of carboxylic acid groups (broad SMARTS) is 1. The third-order valence-corrected chi connectivity index (χ3v) is 7.87. The maximum absolute atomic E-state index is 13.1. The summed E-state index contributed by atoms with van der Waals surface area (Å²) in [5.74, 6) is -1.98. The number of β-lactam (4-membered cyclic amide) rings is 1. The van der Waals surface area contributed by atoms with Gasteiger partial charge in [-0.2, -0.15) is 0 Å². The lowest BCUT2D eigenvalue weighted by molar-refractivity contribution is -0.753. The molecule has 0 saturated carbocycles. The molecule has 0 aromatic carbocycles. The molecule has 1 saturated heterocycles. The van der Waals surface area contributed by atoms with Gasteiger partial charge in [-0.25, -0.2) is 9.78 Å². The Hall–Kier alpha value is -3.91. The highest BCUT2D eigenvalue weighted by molar-refractivity contribution is 8.00. The van der Waals surface area contributed by atoms with Gasteiger partial charge in [-0.15, -0.1) is 32.3 Å².